The SMILES string of the molecule is COc1ccc(C2=CC(=O)N3C=C(N4CCNCC4)C=C/C3=C\C=C2)cc1C(F)(F)F. The average molecular weight is 429 g/mol. The number of rotatable bonds is 3. The highest BCUT2D eigenvalue weighted by Gasteiger charge is 2.34. The molecule has 1 fully saturated rings. The van der Waals surface area contributed by atoms with Crippen LogP contribution in [-0.4, -0.2) is 49.0 Å². The highest BCUT2D eigenvalue weighted by molar-refractivity contribution is 6.00. The fraction of sp³-hybridized carbons (Fsp3) is 0.261. The van der Waals surface area contributed by atoms with Crippen molar-refractivity contribution in [3.05, 3.63) is 83.4 Å². The zero-order valence-electron chi connectivity index (χ0n) is 16.9. The molecule has 3 heterocycles. The minimum atomic E-state index is -4.57. The van der Waals surface area contributed by atoms with E-state index in [-0.39, 0.29) is 17.2 Å². The van der Waals surface area contributed by atoms with E-state index in [2.05, 4.69) is 10.2 Å². The van der Waals surface area contributed by atoms with Gasteiger partial charge in [-0.3, -0.25) is 9.69 Å². The second-order valence-corrected chi connectivity index (χ2v) is 7.30. The van der Waals surface area contributed by atoms with E-state index in [1.54, 1.807) is 24.4 Å². The van der Waals surface area contributed by atoms with Crippen molar-refractivity contribution in [3.8, 4) is 5.75 Å². The number of halogens is 3. The topological polar surface area (TPSA) is 44.8 Å². The summed E-state index contributed by atoms with van der Waals surface area (Å²) in [4.78, 5) is 16.7. The van der Waals surface area contributed by atoms with Crippen LogP contribution in [0.25, 0.3) is 5.57 Å². The number of nitrogens with one attached hydrogen (secondary N) is 1. The van der Waals surface area contributed by atoms with Gasteiger partial charge >= 0.3 is 6.18 Å². The molecule has 0 saturated carbocycles. The van der Waals surface area contributed by atoms with Gasteiger partial charge in [0.15, 0.2) is 0 Å². The van der Waals surface area contributed by atoms with E-state index >= 15 is 0 Å². The summed E-state index contributed by atoms with van der Waals surface area (Å²) in [5, 5.41) is 3.29. The van der Waals surface area contributed by atoms with E-state index in [1.165, 1.54) is 30.2 Å². The molecule has 0 bridgehead atoms. The molecular weight excluding hydrogens is 407 g/mol. The van der Waals surface area contributed by atoms with Crippen LogP contribution in [0.4, 0.5) is 13.2 Å². The number of hydrogen-bond donors (Lipinski definition) is 1. The van der Waals surface area contributed by atoms with Gasteiger partial charge in [0.05, 0.1) is 18.4 Å². The molecule has 1 N–H and O–H groups in total. The van der Waals surface area contributed by atoms with Crippen LogP contribution in [0.3, 0.4) is 0 Å². The summed E-state index contributed by atoms with van der Waals surface area (Å²) in [6.07, 6.45) is 7.54. The number of benzene rings is 1. The largest absolute Gasteiger partial charge is 0.496 e. The number of carbonyl (C=O) groups excluding carboxylic acids is 1. The molecular formula is C23H22F3N3O2. The fourth-order valence-corrected chi connectivity index (χ4v) is 3.73. The van der Waals surface area contributed by atoms with Crippen molar-refractivity contribution in [3.63, 3.8) is 0 Å². The van der Waals surface area contributed by atoms with E-state index < -0.39 is 11.7 Å². The molecule has 0 unspecified atom stereocenters. The lowest BCUT2D eigenvalue weighted by Gasteiger charge is -2.33. The summed E-state index contributed by atoms with van der Waals surface area (Å²) >= 11 is 0. The zero-order chi connectivity index (χ0) is 22.0. The Morgan fingerprint density at radius 3 is 2.52 bits per heavy atom. The second kappa shape index (κ2) is 8.47. The number of ether oxygens (including phenoxy) is 1. The van der Waals surface area contributed by atoms with E-state index in [9.17, 15) is 18.0 Å². The quantitative estimate of drug-likeness (QED) is 0.796. The van der Waals surface area contributed by atoms with Gasteiger partial charge in [-0.15, -0.1) is 0 Å². The van der Waals surface area contributed by atoms with Gasteiger partial charge in [0.25, 0.3) is 5.91 Å². The van der Waals surface area contributed by atoms with Crippen molar-refractivity contribution < 1.29 is 22.7 Å². The van der Waals surface area contributed by atoms with Crippen molar-refractivity contribution in [2.45, 2.75) is 6.18 Å². The van der Waals surface area contributed by atoms with Gasteiger partial charge in [-0.1, -0.05) is 18.2 Å². The Labute approximate surface area is 178 Å². The Hall–Kier alpha value is -3.26. The molecule has 0 spiro atoms. The fourth-order valence-electron chi connectivity index (χ4n) is 3.73. The molecule has 1 saturated heterocycles. The molecule has 1 aromatic rings. The van der Waals surface area contributed by atoms with Gasteiger partial charge in [0.2, 0.25) is 0 Å². The van der Waals surface area contributed by atoms with Crippen molar-refractivity contribution in [1.29, 1.82) is 0 Å². The van der Waals surface area contributed by atoms with E-state index in [1.807, 2.05) is 12.2 Å². The Kier molecular flexibility index (Phi) is 5.73. The summed E-state index contributed by atoms with van der Waals surface area (Å²) in [6, 6.07) is 3.79. The first-order chi connectivity index (χ1) is 14.9. The molecule has 1 aromatic carbocycles. The number of amides is 1. The molecule has 162 valence electrons. The van der Waals surface area contributed by atoms with Crippen LogP contribution in [0.5, 0.6) is 5.75 Å². The van der Waals surface area contributed by atoms with Crippen molar-refractivity contribution in [2.75, 3.05) is 33.3 Å². The van der Waals surface area contributed by atoms with Gasteiger partial charge in [-0.05, 0) is 41.5 Å². The Bertz CT molecular complexity index is 1030. The van der Waals surface area contributed by atoms with E-state index in [0.29, 0.717) is 11.3 Å². The molecule has 5 nitrogen and oxygen atoms in total. The first kappa shape index (κ1) is 21.0. The molecule has 3 aliphatic heterocycles. The van der Waals surface area contributed by atoms with Gasteiger partial charge in [-0.25, -0.2) is 0 Å². The molecule has 3 aliphatic rings. The van der Waals surface area contributed by atoms with Gasteiger partial charge in [-0.2, -0.15) is 13.2 Å². The van der Waals surface area contributed by atoms with Gasteiger partial charge < -0.3 is 15.0 Å². The molecule has 0 radical (unpaired) electrons. The summed E-state index contributed by atoms with van der Waals surface area (Å²) in [6.45, 7) is 3.41. The first-order valence-electron chi connectivity index (χ1n) is 9.91. The van der Waals surface area contributed by atoms with Crippen LogP contribution in [0.15, 0.2) is 72.2 Å². The van der Waals surface area contributed by atoms with Crippen molar-refractivity contribution in [1.82, 2.24) is 15.1 Å². The molecule has 4 rings (SSSR count). The maximum atomic E-state index is 13.4. The van der Waals surface area contributed by atoms with Crippen LogP contribution < -0.4 is 10.1 Å². The van der Waals surface area contributed by atoms with E-state index in [4.69, 9.17) is 4.74 Å². The molecule has 0 aliphatic carbocycles. The molecule has 0 atom stereocenters. The maximum absolute atomic E-state index is 13.4. The first-order valence-corrected chi connectivity index (χ1v) is 9.91. The number of alkyl halides is 3. The molecule has 8 heteroatoms. The number of hydrogen-bond acceptors (Lipinski definition) is 4. The highest BCUT2D eigenvalue weighted by atomic mass is 19.4. The smallest absolute Gasteiger partial charge is 0.419 e. The number of allylic oxidation sites excluding steroid dienone is 6. The van der Waals surface area contributed by atoms with Crippen molar-refractivity contribution >= 4 is 11.5 Å². The summed E-state index contributed by atoms with van der Waals surface area (Å²) in [5.41, 5.74) is 1.42. The highest BCUT2D eigenvalue weighted by Crippen LogP contribution is 2.38. The number of carbonyl (C=O) groups is 1. The third kappa shape index (κ3) is 4.44. The average Bonchev–Trinajstić information content (AvgIpc) is 2.76. The zero-order valence-corrected chi connectivity index (χ0v) is 16.9. The number of fused-ring (bicyclic) bond motifs is 1. The van der Waals surface area contributed by atoms with Crippen LogP contribution in [-0.2, 0) is 11.0 Å². The Morgan fingerprint density at radius 1 is 1.06 bits per heavy atom. The van der Waals surface area contributed by atoms with Crippen LogP contribution >= 0.6 is 0 Å². The Balaban J connectivity index is 1.68. The lowest BCUT2D eigenvalue weighted by Crippen LogP contribution is -2.43. The van der Waals surface area contributed by atoms with Crippen LogP contribution in [0.1, 0.15) is 11.1 Å². The lowest BCUT2D eigenvalue weighted by molar-refractivity contribution is -0.138. The van der Waals surface area contributed by atoms with Crippen molar-refractivity contribution in [2.24, 2.45) is 0 Å². The van der Waals surface area contributed by atoms with Gasteiger partial charge in [0.1, 0.15) is 5.75 Å². The minimum Gasteiger partial charge on any atom is -0.496 e. The predicted molar refractivity (Wildman–Crippen MR) is 112 cm³/mol. The molecule has 0 aromatic heterocycles. The van der Waals surface area contributed by atoms with E-state index in [0.717, 1.165) is 37.9 Å². The minimum absolute atomic E-state index is 0.259. The summed E-state index contributed by atoms with van der Waals surface area (Å²) in [5.74, 6) is -0.586. The summed E-state index contributed by atoms with van der Waals surface area (Å²) < 4.78 is 45.1. The third-order valence-electron chi connectivity index (χ3n) is 5.34. The van der Waals surface area contributed by atoms with Gasteiger partial charge in [0, 0.05) is 44.2 Å². The summed E-state index contributed by atoms with van der Waals surface area (Å²) in [7, 11) is 1.20. The second-order valence-electron chi connectivity index (χ2n) is 7.30. The number of methoxy groups -OCH3 is 1. The monoisotopic (exact) mass is 429 g/mol. The normalized spacial score (nSPS) is 20.9. The maximum Gasteiger partial charge on any atom is 0.419 e. The standard InChI is InChI=1S/C23H22F3N3O2/c1-31-21-8-5-17(13-20(21)23(24,25)26)16-3-2-4-18-6-7-19(15-29(18)22(30)14-16)28-11-9-27-10-12-28/h2-8,13-15,27H,9-12H2,1H3/b3-2?,16-14?,18-4+. The third-order valence-corrected chi connectivity index (χ3v) is 5.34. The number of nitrogens with zero attached hydrogens (tertiary/aromatic N) is 2. The Morgan fingerprint density at radius 2 is 1.81 bits per heavy atom. The predicted octanol–water partition coefficient (Wildman–Crippen LogP) is 3.70. The number of piperazine rings is 1. The lowest BCUT2D eigenvalue weighted by atomic mass is 10.00. The molecule has 31 heavy (non-hydrogen) atoms. The molecule has 1 amide bonds. The van der Waals surface area contributed by atoms with Crippen LogP contribution in [0.2, 0.25) is 0 Å². The van der Waals surface area contributed by atoms with Crippen LogP contribution in [0, 0.1) is 0 Å².